The van der Waals surface area contributed by atoms with Gasteiger partial charge in [-0.25, -0.2) is 0 Å². The SMILES string of the molecule is c1ccc(-c2ccc(N(c3ccc4c(ccc5oc6ccccc6c54)c3)c3cccc4c3-c3ccccc3C43c4ccccc4-c4ccccc43)cc2)cc1. The number of anilines is 3. The van der Waals surface area contributed by atoms with Crippen LogP contribution in [0.5, 0.6) is 0 Å². The molecular weight excluding hydrogens is 667 g/mol. The number of hydrogen-bond donors (Lipinski definition) is 0. The zero-order chi connectivity index (χ0) is 36.1. The molecule has 0 fully saturated rings. The van der Waals surface area contributed by atoms with Gasteiger partial charge in [0, 0.05) is 27.7 Å². The first-order valence-electron chi connectivity index (χ1n) is 19.0. The van der Waals surface area contributed by atoms with E-state index in [0.717, 1.165) is 39.0 Å². The summed E-state index contributed by atoms with van der Waals surface area (Å²) in [5.74, 6) is 0. The molecule has 2 heteroatoms. The van der Waals surface area contributed by atoms with E-state index in [0.29, 0.717) is 0 Å². The smallest absolute Gasteiger partial charge is 0.136 e. The van der Waals surface area contributed by atoms with Gasteiger partial charge in [-0.1, -0.05) is 158 Å². The molecule has 0 aliphatic heterocycles. The second kappa shape index (κ2) is 11.4. The number of furan rings is 1. The van der Waals surface area contributed by atoms with Crippen molar-refractivity contribution in [2.24, 2.45) is 0 Å². The highest BCUT2D eigenvalue weighted by molar-refractivity contribution is 6.19. The van der Waals surface area contributed by atoms with Crippen LogP contribution in [0.3, 0.4) is 0 Å². The van der Waals surface area contributed by atoms with Crippen LogP contribution >= 0.6 is 0 Å². The van der Waals surface area contributed by atoms with Crippen molar-refractivity contribution in [1.29, 1.82) is 0 Å². The fraction of sp³-hybridized carbons (Fsp3) is 0.0189. The number of benzene rings is 9. The minimum absolute atomic E-state index is 0.421. The Hall–Kier alpha value is -7.16. The van der Waals surface area contributed by atoms with Gasteiger partial charge in [0.2, 0.25) is 0 Å². The Labute approximate surface area is 319 Å². The third-order valence-corrected chi connectivity index (χ3v) is 12.1. The average Bonchev–Trinajstić information content (AvgIpc) is 3.89. The molecule has 0 atom stereocenters. The molecule has 2 aliphatic carbocycles. The van der Waals surface area contributed by atoms with Crippen molar-refractivity contribution in [3.05, 3.63) is 222 Å². The molecule has 1 spiro atoms. The first-order valence-corrected chi connectivity index (χ1v) is 19.0. The van der Waals surface area contributed by atoms with E-state index in [9.17, 15) is 0 Å². The van der Waals surface area contributed by atoms with Crippen LogP contribution in [0.25, 0.3) is 66.1 Å². The van der Waals surface area contributed by atoms with E-state index >= 15 is 0 Å². The van der Waals surface area contributed by atoms with Gasteiger partial charge in [-0.05, 0) is 103 Å². The molecule has 0 saturated carbocycles. The third kappa shape index (κ3) is 4.14. The Balaban J connectivity index is 1.13. The van der Waals surface area contributed by atoms with Crippen LogP contribution in [-0.4, -0.2) is 0 Å². The highest BCUT2D eigenvalue weighted by atomic mass is 16.3. The van der Waals surface area contributed by atoms with Crippen molar-refractivity contribution in [1.82, 2.24) is 0 Å². The molecule has 10 aromatic rings. The van der Waals surface area contributed by atoms with Gasteiger partial charge in [-0.15, -0.1) is 0 Å². The molecule has 0 unspecified atom stereocenters. The summed E-state index contributed by atoms with van der Waals surface area (Å²) in [6.07, 6.45) is 0. The van der Waals surface area contributed by atoms with Gasteiger partial charge in [-0.2, -0.15) is 0 Å². The Morgan fingerprint density at radius 3 is 1.75 bits per heavy atom. The molecule has 1 heterocycles. The summed E-state index contributed by atoms with van der Waals surface area (Å²) in [6.45, 7) is 0. The van der Waals surface area contributed by atoms with Crippen molar-refractivity contribution in [3.63, 3.8) is 0 Å². The maximum absolute atomic E-state index is 6.29. The Kier molecular flexibility index (Phi) is 6.29. The zero-order valence-corrected chi connectivity index (χ0v) is 29.9. The lowest BCUT2D eigenvalue weighted by atomic mass is 9.70. The van der Waals surface area contributed by atoms with Gasteiger partial charge in [0.05, 0.1) is 11.1 Å². The molecule has 0 amide bonds. The van der Waals surface area contributed by atoms with Crippen LogP contribution in [-0.2, 0) is 5.41 Å². The van der Waals surface area contributed by atoms with Gasteiger partial charge in [-0.3, -0.25) is 0 Å². The Morgan fingerprint density at radius 1 is 0.382 bits per heavy atom. The fourth-order valence-corrected chi connectivity index (χ4v) is 9.85. The third-order valence-electron chi connectivity index (χ3n) is 12.1. The van der Waals surface area contributed by atoms with Crippen LogP contribution in [0.1, 0.15) is 22.3 Å². The molecule has 2 aliphatic rings. The van der Waals surface area contributed by atoms with Crippen molar-refractivity contribution < 1.29 is 4.42 Å². The molecule has 1 aromatic heterocycles. The molecule has 0 radical (unpaired) electrons. The van der Waals surface area contributed by atoms with Gasteiger partial charge in [0.1, 0.15) is 11.2 Å². The Bertz CT molecular complexity index is 3110. The second-order valence-corrected chi connectivity index (χ2v) is 14.8. The fourth-order valence-electron chi connectivity index (χ4n) is 9.85. The maximum atomic E-state index is 6.29. The molecule has 0 saturated heterocycles. The lowest BCUT2D eigenvalue weighted by Crippen LogP contribution is -2.26. The number of nitrogens with zero attached hydrogens (tertiary/aromatic N) is 1. The quantitative estimate of drug-likeness (QED) is 0.182. The predicted molar refractivity (Wildman–Crippen MR) is 228 cm³/mol. The van der Waals surface area contributed by atoms with E-state index in [1.807, 2.05) is 6.07 Å². The standard InChI is InChI=1S/C53H33NO/c1-2-13-34(14-3-1)35-25-28-37(29-26-35)54(38-30-31-39-36(33-38)27-32-50-51(39)43-18-7-11-24-49(43)55-50)48-23-12-22-47-52(48)42-17-6-10-21-46(42)53(47)44-19-8-4-15-40(44)41-16-5-9-20-45(41)53/h1-33H. The summed E-state index contributed by atoms with van der Waals surface area (Å²) in [6, 6.07) is 73.3. The summed E-state index contributed by atoms with van der Waals surface area (Å²) >= 11 is 0. The van der Waals surface area contributed by atoms with Gasteiger partial charge in [0.25, 0.3) is 0 Å². The molecule has 9 aromatic carbocycles. The van der Waals surface area contributed by atoms with E-state index in [4.69, 9.17) is 4.42 Å². The van der Waals surface area contributed by atoms with Crippen LogP contribution in [0.15, 0.2) is 205 Å². The normalized spacial score (nSPS) is 13.2. The van der Waals surface area contributed by atoms with E-state index < -0.39 is 5.41 Å². The highest BCUT2D eigenvalue weighted by Gasteiger charge is 2.52. The first kappa shape index (κ1) is 30.3. The molecule has 2 nitrogen and oxygen atoms in total. The van der Waals surface area contributed by atoms with Crippen LogP contribution in [0.2, 0.25) is 0 Å². The van der Waals surface area contributed by atoms with Gasteiger partial charge in [0.15, 0.2) is 0 Å². The van der Waals surface area contributed by atoms with E-state index in [2.05, 4.69) is 199 Å². The van der Waals surface area contributed by atoms with Crippen molar-refractivity contribution in [3.8, 4) is 33.4 Å². The number of fused-ring (bicyclic) bond motifs is 15. The van der Waals surface area contributed by atoms with Crippen molar-refractivity contribution in [2.75, 3.05) is 4.90 Å². The van der Waals surface area contributed by atoms with E-state index in [-0.39, 0.29) is 0 Å². The minimum atomic E-state index is -0.421. The van der Waals surface area contributed by atoms with Crippen LogP contribution in [0.4, 0.5) is 17.1 Å². The van der Waals surface area contributed by atoms with E-state index in [1.165, 1.54) is 66.4 Å². The first-order chi connectivity index (χ1) is 27.3. The molecule has 55 heavy (non-hydrogen) atoms. The number of para-hydroxylation sites is 1. The molecule has 0 bridgehead atoms. The summed E-state index contributed by atoms with van der Waals surface area (Å²) in [4.78, 5) is 2.47. The highest BCUT2D eigenvalue weighted by Crippen LogP contribution is 2.64. The summed E-state index contributed by atoms with van der Waals surface area (Å²) < 4.78 is 6.29. The lowest BCUT2D eigenvalue weighted by molar-refractivity contribution is 0.669. The molecule has 256 valence electrons. The molecular formula is C53H33NO. The Morgan fingerprint density at radius 2 is 0.982 bits per heavy atom. The minimum Gasteiger partial charge on any atom is -0.456 e. The monoisotopic (exact) mass is 699 g/mol. The topological polar surface area (TPSA) is 16.4 Å². The largest absolute Gasteiger partial charge is 0.456 e. The summed E-state index contributed by atoms with van der Waals surface area (Å²) in [7, 11) is 0. The average molecular weight is 700 g/mol. The molecule has 12 rings (SSSR count). The van der Waals surface area contributed by atoms with Gasteiger partial charge < -0.3 is 9.32 Å². The van der Waals surface area contributed by atoms with Crippen molar-refractivity contribution >= 4 is 49.8 Å². The van der Waals surface area contributed by atoms with Crippen LogP contribution in [0, 0.1) is 0 Å². The lowest BCUT2D eigenvalue weighted by Gasteiger charge is -2.32. The second-order valence-electron chi connectivity index (χ2n) is 14.8. The maximum Gasteiger partial charge on any atom is 0.136 e. The predicted octanol–water partition coefficient (Wildman–Crippen LogP) is 14.2. The number of hydrogen-bond acceptors (Lipinski definition) is 2. The summed E-state index contributed by atoms with van der Waals surface area (Å²) in [5, 5.41) is 4.66. The molecule has 0 N–H and O–H groups in total. The zero-order valence-electron chi connectivity index (χ0n) is 29.9. The van der Waals surface area contributed by atoms with Crippen LogP contribution < -0.4 is 4.90 Å². The van der Waals surface area contributed by atoms with Gasteiger partial charge >= 0.3 is 0 Å². The summed E-state index contributed by atoms with van der Waals surface area (Å²) in [5.41, 5.74) is 17.7. The van der Waals surface area contributed by atoms with E-state index in [1.54, 1.807) is 0 Å². The number of rotatable bonds is 4. The van der Waals surface area contributed by atoms with Crippen molar-refractivity contribution in [2.45, 2.75) is 5.41 Å².